The number of amidine groups is 1. The number of aromatic hydroxyl groups is 1. The van der Waals surface area contributed by atoms with Gasteiger partial charge in [-0.2, -0.15) is 21.2 Å². The number of unbranched alkanes of at least 4 members (excludes halogenated alkanes) is 1. The summed E-state index contributed by atoms with van der Waals surface area (Å²) in [6, 6.07) is 6.07. The van der Waals surface area contributed by atoms with Crippen LogP contribution >= 0.6 is 18.9 Å². The lowest BCUT2D eigenvalue weighted by atomic mass is 10.1. The number of rotatable bonds is 9. The Morgan fingerprint density at radius 3 is 2.78 bits per heavy atom. The van der Waals surface area contributed by atoms with Gasteiger partial charge >= 0.3 is 7.52 Å². The molecular weight excluding hydrogens is 537 g/mol. The van der Waals surface area contributed by atoms with E-state index in [1.165, 1.54) is 34.2 Å². The van der Waals surface area contributed by atoms with Gasteiger partial charge in [0.05, 0.1) is 23.9 Å². The summed E-state index contributed by atoms with van der Waals surface area (Å²) in [7, 11) is -7.58. The van der Waals surface area contributed by atoms with Gasteiger partial charge in [-0.05, 0) is 43.0 Å². The molecule has 3 heterocycles. The van der Waals surface area contributed by atoms with Crippen LogP contribution in [0, 0.1) is 12.3 Å². The molecule has 0 radical (unpaired) electrons. The highest BCUT2D eigenvalue weighted by molar-refractivity contribution is 7.92. The molecule has 1 atom stereocenters. The van der Waals surface area contributed by atoms with Crippen molar-refractivity contribution in [1.82, 2.24) is 9.78 Å². The molecule has 0 aliphatic carbocycles. The fourth-order valence-corrected chi connectivity index (χ4v) is 6.73. The van der Waals surface area contributed by atoms with E-state index in [0.29, 0.717) is 18.4 Å². The summed E-state index contributed by atoms with van der Waals surface area (Å²) in [6.45, 7) is 1.85. The maximum Gasteiger partial charge on any atom is 0.348 e. The summed E-state index contributed by atoms with van der Waals surface area (Å²) >= 11 is 1.39. The molecule has 1 aliphatic heterocycles. The van der Waals surface area contributed by atoms with Crippen molar-refractivity contribution in [1.29, 1.82) is 0 Å². The minimum atomic E-state index is -3.99. The summed E-state index contributed by atoms with van der Waals surface area (Å²) in [5.74, 6) is 1.94. The second-order valence-electron chi connectivity index (χ2n) is 8.04. The van der Waals surface area contributed by atoms with Crippen LogP contribution in [0.3, 0.4) is 0 Å². The quantitative estimate of drug-likeness (QED) is 0.205. The van der Waals surface area contributed by atoms with Crippen molar-refractivity contribution in [2.75, 3.05) is 22.9 Å². The average molecular weight is 562 g/mol. The highest BCUT2D eigenvalue weighted by atomic mass is 32.2. The molecule has 1 aromatic carbocycles. The zero-order chi connectivity index (χ0) is 26.8. The van der Waals surface area contributed by atoms with Gasteiger partial charge in [-0.25, -0.2) is 13.1 Å². The number of anilines is 2. The van der Waals surface area contributed by atoms with Gasteiger partial charge in [-0.1, -0.05) is 0 Å². The largest absolute Gasteiger partial charge is 0.505 e. The highest BCUT2D eigenvalue weighted by Crippen LogP contribution is 2.52. The van der Waals surface area contributed by atoms with Crippen LogP contribution in [-0.2, 0) is 25.7 Å². The van der Waals surface area contributed by atoms with Gasteiger partial charge in [0.15, 0.2) is 11.6 Å². The van der Waals surface area contributed by atoms with Gasteiger partial charge in [0.25, 0.3) is 5.56 Å². The van der Waals surface area contributed by atoms with Crippen LogP contribution in [0.5, 0.6) is 5.75 Å². The molecule has 14 heteroatoms. The summed E-state index contributed by atoms with van der Waals surface area (Å²) in [5, 5.41) is 22.2. The van der Waals surface area contributed by atoms with Gasteiger partial charge in [-0.3, -0.25) is 14.1 Å². The molecule has 0 saturated carbocycles. The van der Waals surface area contributed by atoms with Crippen LogP contribution in [0.2, 0.25) is 0 Å². The van der Waals surface area contributed by atoms with Crippen molar-refractivity contribution < 1.29 is 22.6 Å². The summed E-state index contributed by atoms with van der Waals surface area (Å²) in [4.78, 5) is 13.5. The third kappa shape index (κ3) is 5.62. The first-order chi connectivity index (χ1) is 17.6. The highest BCUT2D eigenvalue weighted by Gasteiger charge is 2.36. The fourth-order valence-electron chi connectivity index (χ4n) is 3.72. The molecule has 37 heavy (non-hydrogen) atoms. The number of fused-ring (bicyclic) bond motifs is 1. The average Bonchev–Trinajstić information content (AvgIpc) is 3.35. The lowest BCUT2D eigenvalue weighted by molar-refractivity contribution is 0.341. The molecule has 0 fully saturated rings. The molecule has 0 bridgehead atoms. The normalized spacial score (nSPS) is 16.8. The van der Waals surface area contributed by atoms with Gasteiger partial charge in [0.2, 0.25) is 10.0 Å². The number of nitrogens with zero attached hydrogens (tertiary/aromatic N) is 3. The van der Waals surface area contributed by atoms with Crippen molar-refractivity contribution in [3.05, 3.63) is 50.9 Å². The van der Waals surface area contributed by atoms with E-state index < -0.39 is 28.9 Å². The second kappa shape index (κ2) is 10.5. The first-order valence-electron chi connectivity index (χ1n) is 11.1. The molecule has 1 aliphatic rings. The number of hydrogen-bond donors (Lipinski definition) is 3. The Balaban J connectivity index is 1.90. The monoisotopic (exact) mass is 561 g/mol. The minimum absolute atomic E-state index is 0.0238. The summed E-state index contributed by atoms with van der Waals surface area (Å²) < 4.78 is 50.7. The molecule has 0 amide bonds. The smallest absolute Gasteiger partial charge is 0.348 e. The van der Waals surface area contributed by atoms with E-state index in [-0.39, 0.29) is 46.9 Å². The molecule has 3 N–H and O–H groups in total. The van der Waals surface area contributed by atoms with Crippen molar-refractivity contribution in [3.8, 4) is 29.4 Å². The molecule has 2 aromatic heterocycles. The standard InChI is InChI=1S/C23H24N5O6PS2/c1-4-6-7-11-28-23(30)19(21(29)20(25-28)15-10-12-36-14-15)22-24-17-9-8-16(27-37(3,32)33)13-18(17)35(31,26-22)34-5-2/h1,8-10,12-14,27,29H,5-7,11H2,2-3H3,(H,24,26,31). The lowest BCUT2D eigenvalue weighted by Crippen LogP contribution is -2.35. The van der Waals surface area contributed by atoms with Crippen LogP contribution < -0.4 is 20.9 Å². The molecule has 194 valence electrons. The first-order valence-corrected chi connectivity index (χ1v) is 15.5. The molecule has 3 aromatic rings. The minimum Gasteiger partial charge on any atom is -0.505 e. The van der Waals surface area contributed by atoms with Crippen LogP contribution in [0.4, 0.5) is 11.4 Å². The molecule has 4 rings (SSSR count). The number of nitrogens with one attached hydrogen (secondary N) is 2. The Morgan fingerprint density at radius 1 is 1.35 bits per heavy atom. The number of aromatic nitrogens is 2. The lowest BCUT2D eigenvalue weighted by Gasteiger charge is -2.26. The zero-order valence-corrected chi connectivity index (χ0v) is 22.5. The van der Waals surface area contributed by atoms with Crippen LogP contribution in [0.15, 0.2) is 44.6 Å². The summed E-state index contributed by atoms with van der Waals surface area (Å²) in [5.41, 5.74) is 0.334. The Morgan fingerprint density at radius 2 is 2.14 bits per heavy atom. The Hall–Kier alpha value is -3.43. The van der Waals surface area contributed by atoms with Gasteiger partial charge in [0.1, 0.15) is 11.3 Å². The predicted molar refractivity (Wildman–Crippen MR) is 145 cm³/mol. The fraction of sp³-hybridized carbons (Fsp3) is 0.261. The van der Waals surface area contributed by atoms with E-state index in [4.69, 9.17) is 10.9 Å². The third-order valence-electron chi connectivity index (χ3n) is 5.25. The molecule has 11 nitrogen and oxygen atoms in total. The number of aryl methyl sites for hydroxylation is 1. The van der Waals surface area contributed by atoms with Crippen LogP contribution in [0.25, 0.3) is 11.3 Å². The predicted octanol–water partition coefficient (Wildman–Crippen LogP) is 3.19. The zero-order valence-electron chi connectivity index (χ0n) is 20.0. The van der Waals surface area contributed by atoms with Gasteiger partial charge in [0, 0.05) is 29.6 Å². The molecule has 0 saturated heterocycles. The Kier molecular flexibility index (Phi) is 7.57. The van der Waals surface area contributed by atoms with Crippen molar-refractivity contribution >= 4 is 51.4 Å². The Labute approximate surface area is 217 Å². The van der Waals surface area contributed by atoms with E-state index in [1.54, 1.807) is 18.4 Å². The number of benzene rings is 1. The maximum absolute atomic E-state index is 13.9. The number of terminal acetylenes is 1. The number of hydrogen-bond acceptors (Lipinski definition) is 9. The van der Waals surface area contributed by atoms with E-state index in [2.05, 4.69) is 25.8 Å². The van der Waals surface area contributed by atoms with Crippen LogP contribution in [-0.4, -0.2) is 42.0 Å². The van der Waals surface area contributed by atoms with E-state index in [0.717, 1.165) is 6.26 Å². The van der Waals surface area contributed by atoms with Crippen molar-refractivity contribution in [2.24, 2.45) is 4.76 Å². The van der Waals surface area contributed by atoms with Crippen molar-refractivity contribution in [2.45, 2.75) is 26.3 Å². The van der Waals surface area contributed by atoms with Crippen LogP contribution in [0.1, 0.15) is 25.3 Å². The molecule has 0 spiro atoms. The molecule has 1 unspecified atom stereocenters. The van der Waals surface area contributed by atoms with Gasteiger partial charge < -0.3 is 14.9 Å². The topological polar surface area (TPSA) is 152 Å². The van der Waals surface area contributed by atoms with Gasteiger partial charge in [-0.15, -0.1) is 12.3 Å². The van der Waals surface area contributed by atoms with E-state index in [9.17, 15) is 22.9 Å². The van der Waals surface area contributed by atoms with E-state index in [1.807, 2.05) is 5.38 Å². The number of sulfonamides is 1. The van der Waals surface area contributed by atoms with Crippen molar-refractivity contribution in [3.63, 3.8) is 0 Å². The number of thiophene rings is 1. The second-order valence-corrected chi connectivity index (χ2v) is 12.5. The summed E-state index contributed by atoms with van der Waals surface area (Å²) in [6.07, 6.45) is 7.25. The third-order valence-corrected chi connectivity index (χ3v) is 8.59. The Bertz CT molecular complexity index is 1620. The van der Waals surface area contributed by atoms with E-state index >= 15 is 0 Å². The molecular formula is C23H24N5O6PS2. The SMILES string of the molecule is C#CCCCn1nc(-c2ccsc2)c(O)c(C2=NP(=O)(OCC)c3cc(NS(C)(=O)=O)ccc3N2)c1=O. The first kappa shape index (κ1) is 26.6. The maximum atomic E-state index is 13.9.